The highest BCUT2D eigenvalue weighted by Gasteiger charge is 2.52. The molecule has 1 saturated carbocycles. The van der Waals surface area contributed by atoms with Gasteiger partial charge in [-0.25, -0.2) is 9.59 Å². The molecule has 3 aromatic rings. The minimum atomic E-state index is -1.42. The Morgan fingerprint density at radius 3 is 2.25 bits per heavy atom. The Labute approximate surface area is 208 Å². The first kappa shape index (κ1) is 23.8. The molecule has 2 aliphatic rings. The Hall–Kier alpha value is -3.97. The summed E-state index contributed by atoms with van der Waals surface area (Å²) >= 11 is 0. The zero-order valence-electron chi connectivity index (χ0n) is 19.5. The number of carbonyl (C=O) groups is 3. The molecule has 0 spiro atoms. The van der Waals surface area contributed by atoms with Crippen LogP contribution >= 0.6 is 0 Å². The lowest BCUT2D eigenvalue weighted by Crippen LogP contribution is -2.31. The third kappa shape index (κ3) is 5.02. The average Bonchev–Trinajstić information content (AvgIpc) is 3.43. The number of hydrogen-bond acceptors (Lipinski definition) is 7. The first-order valence-electron chi connectivity index (χ1n) is 11.9. The van der Waals surface area contributed by atoms with E-state index < -0.39 is 36.2 Å². The fourth-order valence-corrected chi connectivity index (χ4v) is 4.99. The molecule has 36 heavy (non-hydrogen) atoms. The van der Waals surface area contributed by atoms with E-state index in [-0.39, 0.29) is 24.9 Å². The van der Waals surface area contributed by atoms with Gasteiger partial charge >= 0.3 is 17.9 Å². The summed E-state index contributed by atoms with van der Waals surface area (Å²) in [5, 5.41) is 10.3. The topological polar surface area (TPSA) is 99.1 Å². The number of aliphatic hydroxyl groups is 1. The molecular formula is C29H26O7. The monoisotopic (exact) mass is 486 g/mol. The largest absolute Gasteiger partial charge is 0.463 e. The molecule has 1 heterocycles. The Morgan fingerprint density at radius 2 is 1.56 bits per heavy atom. The predicted octanol–water partition coefficient (Wildman–Crippen LogP) is 4.11. The van der Waals surface area contributed by atoms with Crippen molar-refractivity contribution in [3.8, 4) is 11.1 Å². The van der Waals surface area contributed by atoms with Crippen molar-refractivity contribution in [1.82, 2.24) is 0 Å². The fourth-order valence-electron chi connectivity index (χ4n) is 4.99. The van der Waals surface area contributed by atoms with E-state index >= 15 is 0 Å². The van der Waals surface area contributed by atoms with Crippen LogP contribution in [0.3, 0.4) is 0 Å². The van der Waals surface area contributed by atoms with Gasteiger partial charge in [0, 0.05) is 18.3 Å². The second-order valence-corrected chi connectivity index (χ2v) is 9.13. The van der Waals surface area contributed by atoms with E-state index in [1.165, 1.54) is 0 Å². The highest BCUT2D eigenvalue weighted by atomic mass is 16.6. The molecule has 2 fully saturated rings. The molecule has 1 aliphatic heterocycles. The van der Waals surface area contributed by atoms with Crippen molar-refractivity contribution in [2.75, 3.05) is 6.61 Å². The first-order valence-corrected chi connectivity index (χ1v) is 11.9. The predicted molar refractivity (Wildman–Crippen MR) is 130 cm³/mol. The SMILES string of the molecule is O=C1C[C@H]2[C@H](COC(=O)[C@@H](O)c3ccccc3)[C@@H](OC(=O)c3ccc(-c4ccccc4)cc3)C[C@@H]2O1. The molecule has 1 aliphatic carbocycles. The van der Waals surface area contributed by atoms with E-state index in [0.29, 0.717) is 17.5 Å². The highest BCUT2D eigenvalue weighted by molar-refractivity contribution is 5.90. The normalized spacial score (nSPS) is 23.4. The van der Waals surface area contributed by atoms with Gasteiger partial charge in [-0.05, 0) is 28.8 Å². The van der Waals surface area contributed by atoms with E-state index in [2.05, 4.69) is 0 Å². The second kappa shape index (κ2) is 10.3. The molecule has 5 rings (SSSR count). The molecule has 0 amide bonds. The molecule has 0 radical (unpaired) electrons. The number of carbonyl (C=O) groups excluding carboxylic acids is 3. The number of hydrogen-bond donors (Lipinski definition) is 1. The molecule has 1 saturated heterocycles. The maximum Gasteiger partial charge on any atom is 0.339 e. The van der Waals surface area contributed by atoms with Crippen LogP contribution in [-0.4, -0.2) is 41.8 Å². The van der Waals surface area contributed by atoms with Crippen molar-refractivity contribution >= 4 is 17.9 Å². The van der Waals surface area contributed by atoms with E-state index in [0.717, 1.165) is 11.1 Å². The zero-order valence-corrected chi connectivity index (χ0v) is 19.5. The Morgan fingerprint density at radius 1 is 0.917 bits per heavy atom. The zero-order chi connectivity index (χ0) is 25.1. The van der Waals surface area contributed by atoms with Crippen molar-refractivity contribution in [2.45, 2.75) is 31.2 Å². The van der Waals surface area contributed by atoms with Crippen LogP contribution in [-0.2, 0) is 23.8 Å². The third-order valence-electron chi connectivity index (χ3n) is 6.90. The molecule has 184 valence electrons. The lowest BCUT2D eigenvalue weighted by atomic mass is 9.93. The molecule has 1 N–H and O–H groups in total. The van der Waals surface area contributed by atoms with E-state index in [1.54, 1.807) is 42.5 Å². The average molecular weight is 487 g/mol. The molecule has 0 unspecified atom stereocenters. The lowest BCUT2D eigenvalue weighted by Gasteiger charge is -2.23. The van der Waals surface area contributed by atoms with Gasteiger partial charge in [-0.2, -0.15) is 0 Å². The molecule has 5 atom stereocenters. The number of esters is 3. The molecule has 3 aromatic carbocycles. The maximum atomic E-state index is 12.9. The Kier molecular flexibility index (Phi) is 6.82. The van der Waals surface area contributed by atoms with Crippen molar-refractivity contribution in [3.63, 3.8) is 0 Å². The summed E-state index contributed by atoms with van der Waals surface area (Å²) in [5.41, 5.74) is 2.85. The van der Waals surface area contributed by atoms with Crippen LogP contribution in [0, 0.1) is 11.8 Å². The molecular weight excluding hydrogens is 460 g/mol. The number of fused-ring (bicyclic) bond motifs is 1. The van der Waals surface area contributed by atoms with Crippen molar-refractivity contribution < 1.29 is 33.7 Å². The van der Waals surface area contributed by atoms with Gasteiger partial charge < -0.3 is 19.3 Å². The number of benzene rings is 3. The first-order chi connectivity index (χ1) is 17.5. The minimum Gasteiger partial charge on any atom is -0.463 e. The van der Waals surface area contributed by atoms with Crippen LogP contribution in [0.1, 0.15) is 34.9 Å². The summed E-state index contributed by atoms with van der Waals surface area (Å²) in [6.45, 7) is -0.0918. The maximum absolute atomic E-state index is 12.9. The Bertz CT molecular complexity index is 1220. The highest BCUT2D eigenvalue weighted by Crippen LogP contribution is 2.43. The fraction of sp³-hybridized carbons (Fsp3) is 0.276. The van der Waals surface area contributed by atoms with Gasteiger partial charge in [0.05, 0.1) is 18.6 Å². The summed E-state index contributed by atoms with van der Waals surface area (Å²) in [6.07, 6.45) is -1.88. The number of ether oxygens (including phenoxy) is 3. The van der Waals surface area contributed by atoms with Gasteiger partial charge in [0.2, 0.25) is 0 Å². The van der Waals surface area contributed by atoms with Crippen LogP contribution in [0.4, 0.5) is 0 Å². The lowest BCUT2D eigenvalue weighted by molar-refractivity contribution is -0.156. The van der Waals surface area contributed by atoms with Gasteiger partial charge in [0.1, 0.15) is 12.2 Å². The Balaban J connectivity index is 1.25. The van der Waals surface area contributed by atoms with E-state index in [1.807, 2.05) is 42.5 Å². The van der Waals surface area contributed by atoms with Crippen LogP contribution in [0.15, 0.2) is 84.9 Å². The van der Waals surface area contributed by atoms with Crippen molar-refractivity contribution in [3.05, 3.63) is 96.1 Å². The minimum absolute atomic E-state index is 0.0918. The quantitative estimate of drug-likeness (QED) is 0.396. The number of aliphatic hydroxyl groups excluding tert-OH is 1. The standard InChI is InChI=1S/C29H26O7/c30-26-15-22-23(17-34-29(33)27(31)20-9-5-2-6-10-20)25(16-24(22)35-26)36-28(32)21-13-11-19(12-14-21)18-7-3-1-4-8-18/h1-14,22-25,27,31H,15-17H2/t22-,23-,24-,25-,27-/m0/s1. The molecule has 7 nitrogen and oxygen atoms in total. The van der Waals surface area contributed by atoms with Gasteiger partial charge in [-0.1, -0.05) is 72.8 Å². The van der Waals surface area contributed by atoms with Crippen LogP contribution < -0.4 is 0 Å². The van der Waals surface area contributed by atoms with Gasteiger partial charge in [-0.15, -0.1) is 0 Å². The summed E-state index contributed by atoms with van der Waals surface area (Å²) in [5.74, 6) is -2.24. The van der Waals surface area contributed by atoms with E-state index in [9.17, 15) is 19.5 Å². The van der Waals surface area contributed by atoms with Crippen LogP contribution in [0.25, 0.3) is 11.1 Å². The van der Waals surface area contributed by atoms with Crippen molar-refractivity contribution in [2.24, 2.45) is 11.8 Å². The molecule has 0 aromatic heterocycles. The summed E-state index contributed by atoms with van der Waals surface area (Å²) in [6, 6.07) is 25.5. The van der Waals surface area contributed by atoms with Crippen molar-refractivity contribution in [1.29, 1.82) is 0 Å². The number of rotatable bonds is 7. The summed E-state index contributed by atoms with van der Waals surface area (Å²) < 4.78 is 16.6. The third-order valence-corrected chi connectivity index (χ3v) is 6.90. The summed E-state index contributed by atoms with van der Waals surface area (Å²) in [7, 11) is 0. The smallest absolute Gasteiger partial charge is 0.339 e. The van der Waals surface area contributed by atoms with Gasteiger partial charge in [0.25, 0.3) is 0 Å². The van der Waals surface area contributed by atoms with Gasteiger partial charge in [-0.3, -0.25) is 4.79 Å². The molecule has 0 bridgehead atoms. The second-order valence-electron chi connectivity index (χ2n) is 9.13. The van der Waals surface area contributed by atoms with Crippen LogP contribution in [0.5, 0.6) is 0 Å². The van der Waals surface area contributed by atoms with E-state index in [4.69, 9.17) is 14.2 Å². The summed E-state index contributed by atoms with van der Waals surface area (Å²) in [4.78, 5) is 37.3. The van der Waals surface area contributed by atoms with Gasteiger partial charge in [0.15, 0.2) is 6.10 Å². The molecule has 7 heteroatoms. The van der Waals surface area contributed by atoms with Crippen LogP contribution in [0.2, 0.25) is 0 Å².